The van der Waals surface area contributed by atoms with Gasteiger partial charge in [-0.15, -0.1) is 0 Å². The van der Waals surface area contributed by atoms with E-state index < -0.39 is 0 Å². The maximum absolute atomic E-state index is 9.95. The van der Waals surface area contributed by atoms with Crippen molar-refractivity contribution in [2.24, 2.45) is 0 Å². The number of hydrogen-bond acceptors (Lipinski definition) is 3. The maximum atomic E-state index is 9.95. The molecule has 0 amide bonds. The van der Waals surface area contributed by atoms with E-state index in [0.29, 0.717) is 13.1 Å². The van der Waals surface area contributed by atoms with Crippen LogP contribution in [-0.2, 0) is 6.42 Å². The minimum absolute atomic E-state index is 0.342. The lowest BCUT2D eigenvalue weighted by Crippen LogP contribution is -2.32. The molecule has 1 unspecified atom stereocenters. The molecule has 3 nitrogen and oxygen atoms in total. The minimum Gasteiger partial charge on any atom is -0.390 e. The zero-order chi connectivity index (χ0) is 14.6. The smallest absolute Gasteiger partial charge is 0.0836 e. The highest BCUT2D eigenvalue weighted by atomic mass is 16.3. The maximum Gasteiger partial charge on any atom is 0.0836 e. The molecule has 3 heteroatoms. The minimum atomic E-state index is -0.342. The number of aliphatic hydroxyl groups excluding tert-OH is 1. The Morgan fingerprint density at radius 3 is 2.55 bits per heavy atom. The van der Waals surface area contributed by atoms with E-state index in [0.717, 1.165) is 18.7 Å². The van der Waals surface area contributed by atoms with Crippen LogP contribution < -0.4 is 10.6 Å². The molecule has 0 aliphatic heterocycles. The summed E-state index contributed by atoms with van der Waals surface area (Å²) in [4.78, 5) is 0. The predicted octanol–water partition coefficient (Wildman–Crippen LogP) is 3.19. The lowest BCUT2D eigenvalue weighted by molar-refractivity contribution is 0.184. The van der Waals surface area contributed by atoms with Gasteiger partial charge >= 0.3 is 0 Å². The molecule has 0 saturated carbocycles. The Kier molecular flexibility index (Phi) is 9.09. The Hall–Kier alpha value is -1.06. The van der Waals surface area contributed by atoms with E-state index in [1.807, 2.05) is 6.07 Å². The fraction of sp³-hybridized carbons (Fsp3) is 0.647. The summed E-state index contributed by atoms with van der Waals surface area (Å²) in [5.41, 5.74) is 2.51. The third-order valence-electron chi connectivity index (χ3n) is 3.43. The van der Waals surface area contributed by atoms with Crippen molar-refractivity contribution in [1.82, 2.24) is 5.32 Å². The van der Waals surface area contributed by atoms with Gasteiger partial charge < -0.3 is 15.7 Å². The number of unbranched alkanes of at least 4 members (excludes halogenated alkanes) is 2. The van der Waals surface area contributed by atoms with Gasteiger partial charge in [-0.3, -0.25) is 0 Å². The van der Waals surface area contributed by atoms with Crippen LogP contribution in [-0.4, -0.2) is 30.8 Å². The van der Waals surface area contributed by atoms with E-state index in [2.05, 4.69) is 42.7 Å². The van der Waals surface area contributed by atoms with Gasteiger partial charge in [0.2, 0.25) is 0 Å². The molecule has 0 fully saturated rings. The normalized spacial score (nSPS) is 12.3. The van der Waals surface area contributed by atoms with Crippen molar-refractivity contribution in [3.8, 4) is 0 Å². The van der Waals surface area contributed by atoms with Gasteiger partial charge in [-0.05, 0) is 37.4 Å². The third-order valence-corrected chi connectivity index (χ3v) is 3.43. The molecule has 3 N–H and O–H groups in total. The highest BCUT2D eigenvalue weighted by molar-refractivity contribution is 5.51. The summed E-state index contributed by atoms with van der Waals surface area (Å²) >= 11 is 0. The summed E-state index contributed by atoms with van der Waals surface area (Å²) < 4.78 is 0. The quantitative estimate of drug-likeness (QED) is 0.545. The Labute approximate surface area is 123 Å². The number of hydrogen-bond donors (Lipinski definition) is 3. The first-order valence-electron chi connectivity index (χ1n) is 7.98. The van der Waals surface area contributed by atoms with Crippen LogP contribution in [0.4, 0.5) is 5.69 Å². The fourth-order valence-corrected chi connectivity index (χ4v) is 2.15. The second kappa shape index (κ2) is 10.7. The first kappa shape index (κ1) is 17.0. The van der Waals surface area contributed by atoms with E-state index in [4.69, 9.17) is 0 Å². The van der Waals surface area contributed by atoms with Gasteiger partial charge in [0.15, 0.2) is 0 Å². The Morgan fingerprint density at radius 2 is 1.80 bits per heavy atom. The SMILES string of the molecule is CCCCNCC(O)CNc1ccccc1CCCC. The molecule has 0 aliphatic carbocycles. The zero-order valence-electron chi connectivity index (χ0n) is 13.0. The molecule has 0 radical (unpaired) electrons. The standard InChI is InChI=1S/C17H30N2O/c1-3-5-9-15-10-7-8-11-17(15)19-14-16(20)13-18-12-6-4-2/h7-8,10-11,16,18-20H,3-6,9,12-14H2,1-2H3. The molecule has 0 aromatic heterocycles. The van der Waals surface area contributed by atoms with Crippen LogP contribution in [0, 0.1) is 0 Å². The second-order valence-electron chi connectivity index (χ2n) is 5.35. The topological polar surface area (TPSA) is 44.3 Å². The number of aryl methyl sites for hydroxylation is 1. The van der Waals surface area contributed by atoms with Gasteiger partial charge in [0, 0.05) is 18.8 Å². The molecule has 1 atom stereocenters. The van der Waals surface area contributed by atoms with Gasteiger partial charge in [0.1, 0.15) is 0 Å². The van der Waals surface area contributed by atoms with Crippen molar-refractivity contribution in [3.63, 3.8) is 0 Å². The van der Waals surface area contributed by atoms with Crippen molar-refractivity contribution in [1.29, 1.82) is 0 Å². The molecule has 114 valence electrons. The number of aliphatic hydroxyl groups is 1. The summed E-state index contributed by atoms with van der Waals surface area (Å²) in [7, 11) is 0. The van der Waals surface area contributed by atoms with Crippen molar-refractivity contribution < 1.29 is 5.11 Å². The van der Waals surface area contributed by atoms with E-state index in [1.54, 1.807) is 0 Å². The Bertz CT molecular complexity index is 355. The van der Waals surface area contributed by atoms with Gasteiger partial charge in [0.25, 0.3) is 0 Å². The van der Waals surface area contributed by atoms with Crippen LogP contribution in [0.1, 0.15) is 45.1 Å². The van der Waals surface area contributed by atoms with Crippen molar-refractivity contribution in [2.45, 2.75) is 52.1 Å². The van der Waals surface area contributed by atoms with Gasteiger partial charge in [-0.2, -0.15) is 0 Å². The molecule has 1 aromatic carbocycles. The monoisotopic (exact) mass is 278 g/mol. The van der Waals surface area contributed by atoms with Crippen molar-refractivity contribution in [3.05, 3.63) is 29.8 Å². The van der Waals surface area contributed by atoms with E-state index in [1.165, 1.54) is 31.2 Å². The van der Waals surface area contributed by atoms with Gasteiger partial charge in [0.05, 0.1) is 6.10 Å². The first-order valence-corrected chi connectivity index (χ1v) is 7.98. The molecular weight excluding hydrogens is 248 g/mol. The molecule has 20 heavy (non-hydrogen) atoms. The summed E-state index contributed by atoms with van der Waals surface area (Å²) in [6, 6.07) is 8.40. The number of rotatable bonds is 11. The fourth-order valence-electron chi connectivity index (χ4n) is 2.15. The summed E-state index contributed by atoms with van der Waals surface area (Å²) in [5.74, 6) is 0. The molecular formula is C17H30N2O. The van der Waals surface area contributed by atoms with E-state index in [9.17, 15) is 5.11 Å². The van der Waals surface area contributed by atoms with Gasteiger partial charge in [-0.25, -0.2) is 0 Å². The van der Waals surface area contributed by atoms with Crippen LogP contribution in [0.5, 0.6) is 0 Å². The molecule has 0 saturated heterocycles. The van der Waals surface area contributed by atoms with Crippen molar-refractivity contribution >= 4 is 5.69 Å². The Morgan fingerprint density at radius 1 is 1.05 bits per heavy atom. The zero-order valence-corrected chi connectivity index (χ0v) is 13.0. The number of nitrogens with one attached hydrogen (secondary N) is 2. The number of anilines is 1. The Balaban J connectivity index is 2.32. The summed E-state index contributed by atoms with van der Waals surface area (Å²) in [5, 5.41) is 16.6. The van der Waals surface area contributed by atoms with Crippen LogP contribution in [0.2, 0.25) is 0 Å². The molecule has 0 bridgehead atoms. The number of benzene rings is 1. The highest BCUT2D eigenvalue weighted by Crippen LogP contribution is 2.17. The lowest BCUT2D eigenvalue weighted by atomic mass is 10.1. The van der Waals surface area contributed by atoms with Crippen LogP contribution >= 0.6 is 0 Å². The van der Waals surface area contributed by atoms with Crippen LogP contribution in [0.15, 0.2) is 24.3 Å². The molecule has 1 rings (SSSR count). The lowest BCUT2D eigenvalue weighted by Gasteiger charge is -2.16. The molecule has 0 aliphatic rings. The van der Waals surface area contributed by atoms with E-state index in [-0.39, 0.29) is 6.10 Å². The molecule has 0 heterocycles. The number of para-hydroxylation sites is 1. The first-order chi connectivity index (χ1) is 9.77. The summed E-state index contributed by atoms with van der Waals surface area (Å²) in [6.07, 6.45) is 5.53. The molecule has 0 spiro atoms. The van der Waals surface area contributed by atoms with Crippen LogP contribution in [0.25, 0.3) is 0 Å². The largest absolute Gasteiger partial charge is 0.390 e. The second-order valence-corrected chi connectivity index (χ2v) is 5.35. The average Bonchev–Trinajstić information content (AvgIpc) is 2.48. The summed E-state index contributed by atoms with van der Waals surface area (Å²) in [6.45, 7) is 6.63. The average molecular weight is 278 g/mol. The van der Waals surface area contributed by atoms with E-state index >= 15 is 0 Å². The molecule has 1 aromatic rings. The third kappa shape index (κ3) is 6.92. The highest BCUT2D eigenvalue weighted by Gasteiger charge is 2.05. The predicted molar refractivity (Wildman–Crippen MR) is 87.3 cm³/mol. The van der Waals surface area contributed by atoms with Crippen LogP contribution in [0.3, 0.4) is 0 Å². The van der Waals surface area contributed by atoms with Crippen molar-refractivity contribution in [2.75, 3.05) is 25.0 Å². The van der Waals surface area contributed by atoms with Gasteiger partial charge in [-0.1, -0.05) is 44.9 Å².